The lowest BCUT2D eigenvalue weighted by atomic mass is 10.1. The molecule has 0 amide bonds. The predicted octanol–water partition coefficient (Wildman–Crippen LogP) is 5.71. The van der Waals surface area contributed by atoms with Gasteiger partial charge < -0.3 is 9.55 Å². The molecule has 1 unspecified atom stereocenters. The molecule has 3 aromatic rings. The van der Waals surface area contributed by atoms with Gasteiger partial charge >= 0.3 is 0 Å². The lowest BCUT2D eigenvalue weighted by Gasteiger charge is -2.15. The Morgan fingerprint density at radius 1 is 1.29 bits per heavy atom. The lowest BCUT2D eigenvalue weighted by molar-refractivity contribution is 0.616. The van der Waals surface area contributed by atoms with Crippen molar-refractivity contribution in [2.45, 2.75) is 13.0 Å². The Bertz CT molecular complexity index is 870. The van der Waals surface area contributed by atoms with Gasteiger partial charge in [-0.3, -0.25) is 0 Å². The summed E-state index contributed by atoms with van der Waals surface area (Å²) < 4.78 is 16.9. The number of aromatic amines is 1. The van der Waals surface area contributed by atoms with Crippen LogP contribution in [0.4, 0.5) is 4.39 Å². The summed E-state index contributed by atoms with van der Waals surface area (Å²) in [5.41, 5.74) is 2.67. The molecule has 1 heterocycles. The summed E-state index contributed by atoms with van der Waals surface area (Å²) in [5.74, 6) is -0.242. The van der Waals surface area contributed by atoms with Crippen molar-refractivity contribution in [3.63, 3.8) is 0 Å². The number of nitrogens with one attached hydrogen (secondary N) is 1. The Morgan fingerprint density at radius 3 is 2.62 bits per heavy atom. The fraction of sp³-hybridized carbons (Fsp3) is 0.133. The molecule has 2 nitrogen and oxygen atoms in total. The molecule has 1 atom stereocenters. The highest BCUT2D eigenvalue weighted by atomic mass is 127. The maximum atomic E-state index is 13.9. The van der Waals surface area contributed by atoms with Gasteiger partial charge in [-0.1, -0.05) is 23.7 Å². The Morgan fingerprint density at radius 2 is 1.95 bits per heavy atom. The van der Waals surface area contributed by atoms with Crippen LogP contribution in [0.3, 0.4) is 0 Å². The lowest BCUT2D eigenvalue weighted by Crippen LogP contribution is -2.06. The van der Waals surface area contributed by atoms with E-state index in [2.05, 4.69) is 4.98 Å². The van der Waals surface area contributed by atoms with Crippen LogP contribution < -0.4 is 0 Å². The van der Waals surface area contributed by atoms with Gasteiger partial charge in [0.05, 0.1) is 20.6 Å². The molecule has 3 rings (SSSR count). The second-order valence-corrected chi connectivity index (χ2v) is 6.80. The van der Waals surface area contributed by atoms with Gasteiger partial charge in [-0.25, -0.2) is 4.39 Å². The van der Waals surface area contributed by atoms with Crippen LogP contribution in [0.1, 0.15) is 18.5 Å². The van der Waals surface area contributed by atoms with E-state index in [9.17, 15) is 4.39 Å². The van der Waals surface area contributed by atoms with E-state index in [-0.39, 0.29) is 11.9 Å². The van der Waals surface area contributed by atoms with Crippen LogP contribution in [0, 0.1) is 14.2 Å². The van der Waals surface area contributed by atoms with Crippen LogP contribution in [0.25, 0.3) is 11.0 Å². The molecule has 0 bridgehead atoms. The van der Waals surface area contributed by atoms with E-state index in [0.717, 1.165) is 16.6 Å². The molecule has 0 spiro atoms. The maximum Gasteiger partial charge on any atom is 0.178 e. The van der Waals surface area contributed by atoms with Crippen LogP contribution in [0.5, 0.6) is 0 Å². The van der Waals surface area contributed by atoms with Gasteiger partial charge in [0.15, 0.2) is 4.77 Å². The molecule has 0 aliphatic rings. The first-order valence-corrected chi connectivity index (χ1v) is 8.18. The summed E-state index contributed by atoms with van der Waals surface area (Å²) in [5, 5.41) is 0.689. The first-order chi connectivity index (χ1) is 9.97. The monoisotopic (exact) mass is 432 g/mol. The van der Waals surface area contributed by atoms with Gasteiger partial charge in [0.2, 0.25) is 0 Å². The summed E-state index contributed by atoms with van der Waals surface area (Å²) in [6, 6.07) is 10.9. The normalized spacial score (nSPS) is 12.8. The van der Waals surface area contributed by atoms with Gasteiger partial charge in [-0.15, -0.1) is 0 Å². The van der Waals surface area contributed by atoms with Gasteiger partial charge in [0, 0.05) is 11.1 Å². The summed E-state index contributed by atoms with van der Waals surface area (Å²) in [6.07, 6.45) is 0. The standard InChI is InChI=1S/C15H11ClFIN2S/c1-8(9-2-4-10(16)5-3-9)20-14-6-11(17)12(18)7-13(14)19-15(20)21/h2-8H,1H3,(H,19,21). The van der Waals surface area contributed by atoms with Crippen LogP contribution in [-0.4, -0.2) is 9.55 Å². The summed E-state index contributed by atoms with van der Waals surface area (Å²) in [4.78, 5) is 3.14. The predicted molar refractivity (Wildman–Crippen MR) is 95.1 cm³/mol. The highest BCUT2D eigenvalue weighted by molar-refractivity contribution is 14.1. The highest BCUT2D eigenvalue weighted by Gasteiger charge is 2.15. The molecule has 0 aliphatic heterocycles. The Balaban J connectivity index is 2.19. The molecule has 6 heteroatoms. The van der Waals surface area contributed by atoms with Gasteiger partial charge in [0.25, 0.3) is 0 Å². The van der Waals surface area contributed by atoms with E-state index in [1.54, 1.807) is 6.07 Å². The van der Waals surface area contributed by atoms with Crippen molar-refractivity contribution in [1.82, 2.24) is 9.55 Å². The molecule has 21 heavy (non-hydrogen) atoms. The minimum atomic E-state index is -0.242. The van der Waals surface area contributed by atoms with Crippen LogP contribution in [-0.2, 0) is 0 Å². The molecule has 0 fully saturated rings. The fourth-order valence-electron chi connectivity index (χ4n) is 2.40. The summed E-state index contributed by atoms with van der Waals surface area (Å²) in [6.45, 7) is 2.03. The Hall–Kier alpha value is -0.920. The van der Waals surface area contributed by atoms with Crippen molar-refractivity contribution in [2.75, 3.05) is 0 Å². The third-order valence-electron chi connectivity index (χ3n) is 3.50. The molecular formula is C15H11ClFIN2S. The zero-order chi connectivity index (χ0) is 15.1. The van der Waals surface area contributed by atoms with Crippen LogP contribution >= 0.6 is 46.4 Å². The first-order valence-electron chi connectivity index (χ1n) is 6.32. The number of nitrogens with zero attached hydrogens (tertiary/aromatic N) is 1. The zero-order valence-corrected chi connectivity index (χ0v) is 14.8. The van der Waals surface area contributed by atoms with Crippen LogP contribution in [0.2, 0.25) is 5.02 Å². The number of halogens is 3. The van der Waals surface area contributed by atoms with Crippen molar-refractivity contribution in [3.05, 3.63) is 61.1 Å². The number of fused-ring (bicyclic) bond motifs is 1. The summed E-state index contributed by atoms with van der Waals surface area (Å²) in [7, 11) is 0. The molecule has 0 aliphatic carbocycles. The molecule has 1 N–H and O–H groups in total. The molecule has 2 aromatic carbocycles. The number of aromatic nitrogens is 2. The Kier molecular flexibility index (Phi) is 4.07. The smallest absolute Gasteiger partial charge is 0.178 e. The van der Waals surface area contributed by atoms with E-state index >= 15 is 0 Å². The third kappa shape index (κ3) is 2.74. The number of hydrogen-bond donors (Lipinski definition) is 1. The van der Waals surface area contributed by atoms with E-state index in [1.807, 2.05) is 58.3 Å². The van der Waals surface area contributed by atoms with Crippen molar-refractivity contribution < 1.29 is 4.39 Å². The Labute approximate surface area is 145 Å². The molecule has 1 aromatic heterocycles. The second kappa shape index (κ2) is 5.70. The minimum absolute atomic E-state index is 0.0111. The highest BCUT2D eigenvalue weighted by Crippen LogP contribution is 2.27. The average Bonchev–Trinajstić information content (AvgIpc) is 2.75. The molecule has 0 saturated heterocycles. The fourth-order valence-corrected chi connectivity index (χ4v) is 3.35. The molecule has 0 saturated carbocycles. The van der Waals surface area contributed by atoms with Crippen molar-refractivity contribution in [2.24, 2.45) is 0 Å². The summed E-state index contributed by atoms with van der Waals surface area (Å²) >= 11 is 13.3. The molecule has 108 valence electrons. The van der Waals surface area contributed by atoms with E-state index < -0.39 is 0 Å². The zero-order valence-electron chi connectivity index (χ0n) is 11.0. The van der Waals surface area contributed by atoms with Crippen molar-refractivity contribution >= 4 is 57.4 Å². The SMILES string of the molecule is CC(c1ccc(Cl)cc1)n1c(=S)[nH]c2cc(I)c(F)cc21. The maximum absolute atomic E-state index is 13.9. The number of hydrogen-bond acceptors (Lipinski definition) is 1. The average molecular weight is 433 g/mol. The van der Waals surface area contributed by atoms with Crippen molar-refractivity contribution in [3.8, 4) is 0 Å². The van der Waals surface area contributed by atoms with Crippen molar-refractivity contribution in [1.29, 1.82) is 0 Å². The minimum Gasteiger partial charge on any atom is -0.331 e. The number of rotatable bonds is 2. The van der Waals surface area contributed by atoms with Crippen LogP contribution in [0.15, 0.2) is 36.4 Å². The molecule has 0 radical (unpaired) electrons. The number of benzene rings is 2. The van der Waals surface area contributed by atoms with E-state index in [0.29, 0.717) is 13.4 Å². The van der Waals surface area contributed by atoms with Gasteiger partial charge in [0.1, 0.15) is 5.82 Å². The topological polar surface area (TPSA) is 20.7 Å². The number of imidazole rings is 1. The first kappa shape index (κ1) is 15.0. The largest absolute Gasteiger partial charge is 0.331 e. The van der Waals surface area contributed by atoms with E-state index in [4.69, 9.17) is 23.8 Å². The molecular weight excluding hydrogens is 422 g/mol. The van der Waals surface area contributed by atoms with E-state index in [1.165, 1.54) is 6.07 Å². The van der Waals surface area contributed by atoms with Gasteiger partial charge in [-0.05, 0) is 65.5 Å². The third-order valence-corrected chi connectivity index (χ3v) is 4.88. The quantitative estimate of drug-likeness (QED) is 0.407. The number of H-pyrrole nitrogens is 1. The van der Waals surface area contributed by atoms with Gasteiger partial charge in [-0.2, -0.15) is 0 Å². The second-order valence-electron chi connectivity index (χ2n) is 4.81.